The van der Waals surface area contributed by atoms with Crippen molar-refractivity contribution in [1.29, 1.82) is 0 Å². The zero-order valence-corrected chi connectivity index (χ0v) is 16.7. The Morgan fingerprint density at radius 1 is 1.07 bits per heavy atom. The summed E-state index contributed by atoms with van der Waals surface area (Å²) in [5, 5.41) is 8.05. The molecule has 3 aromatic rings. The molecule has 3 aromatic heterocycles. The number of rotatable bonds is 5. The van der Waals surface area contributed by atoms with Crippen LogP contribution in [-0.2, 0) is 0 Å². The first kappa shape index (κ1) is 19.0. The molecule has 0 spiro atoms. The molecule has 1 aliphatic rings. The Balaban J connectivity index is 1.43. The third-order valence-corrected chi connectivity index (χ3v) is 5.26. The van der Waals surface area contributed by atoms with Crippen LogP contribution in [-0.4, -0.2) is 44.9 Å². The van der Waals surface area contributed by atoms with Gasteiger partial charge in [-0.2, -0.15) is 10.1 Å². The molecule has 0 unspecified atom stereocenters. The van der Waals surface area contributed by atoms with Crippen molar-refractivity contribution in [1.82, 2.24) is 24.7 Å². The molecule has 0 saturated heterocycles. The average Bonchev–Trinajstić information content (AvgIpc) is 2.75. The van der Waals surface area contributed by atoms with Gasteiger partial charge < -0.3 is 10.2 Å². The summed E-state index contributed by atoms with van der Waals surface area (Å²) in [6.45, 7) is 0. The lowest BCUT2D eigenvalue weighted by molar-refractivity contribution is 0.304. The summed E-state index contributed by atoms with van der Waals surface area (Å²) in [6.07, 6.45) is 8.90. The van der Waals surface area contributed by atoms with Gasteiger partial charge in [0.05, 0.1) is 11.7 Å². The normalized spacial score (nSPS) is 19.0. The van der Waals surface area contributed by atoms with E-state index < -0.39 is 0 Å². The van der Waals surface area contributed by atoms with Crippen molar-refractivity contribution in [2.24, 2.45) is 0 Å². The summed E-state index contributed by atoms with van der Waals surface area (Å²) >= 11 is 0. The average molecular weight is 391 g/mol. The zero-order chi connectivity index (χ0) is 20.2. The van der Waals surface area contributed by atoms with Crippen LogP contribution in [0.25, 0.3) is 11.3 Å². The highest BCUT2D eigenvalue weighted by molar-refractivity contribution is 5.56. The van der Waals surface area contributed by atoms with Crippen molar-refractivity contribution in [3.05, 3.63) is 59.3 Å². The molecule has 4 rings (SSSR count). The summed E-state index contributed by atoms with van der Waals surface area (Å²) in [5.41, 5.74) is 1.62. The van der Waals surface area contributed by atoms with Crippen LogP contribution in [0, 0.1) is 0 Å². The fourth-order valence-electron chi connectivity index (χ4n) is 3.67. The van der Waals surface area contributed by atoms with E-state index in [0.29, 0.717) is 12.0 Å². The van der Waals surface area contributed by atoms with Crippen molar-refractivity contribution < 1.29 is 0 Å². The Bertz CT molecular complexity index is 1010. The van der Waals surface area contributed by atoms with Gasteiger partial charge in [-0.25, -0.2) is 9.67 Å². The first-order chi connectivity index (χ1) is 14.1. The molecule has 150 valence electrons. The smallest absolute Gasteiger partial charge is 0.267 e. The minimum Gasteiger partial charge on any atom is -0.363 e. The largest absolute Gasteiger partial charge is 0.363 e. The van der Waals surface area contributed by atoms with E-state index in [-0.39, 0.29) is 11.6 Å². The zero-order valence-electron chi connectivity index (χ0n) is 16.7. The Morgan fingerprint density at radius 3 is 2.62 bits per heavy atom. The Labute approximate surface area is 169 Å². The van der Waals surface area contributed by atoms with Crippen molar-refractivity contribution >= 4 is 11.8 Å². The van der Waals surface area contributed by atoms with Crippen LogP contribution in [0.1, 0.15) is 31.7 Å². The topological polar surface area (TPSA) is 88.8 Å². The second kappa shape index (κ2) is 8.38. The van der Waals surface area contributed by atoms with Crippen LogP contribution < -0.4 is 15.8 Å². The second-order valence-corrected chi connectivity index (χ2v) is 7.53. The number of aromatic nitrogens is 5. The van der Waals surface area contributed by atoms with E-state index in [1.54, 1.807) is 35.4 Å². The van der Waals surface area contributed by atoms with Crippen molar-refractivity contribution in [3.63, 3.8) is 0 Å². The van der Waals surface area contributed by atoms with E-state index in [1.165, 1.54) is 0 Å². The molecule has 0 amide bonds. The maximum absolute atomic E-state index is 12.4. The first-order valence-electron chi connectivity index (χ1n) is 9.87. The molecule has 0 radical (unpaired) electrons. The van der Waals surface area contributed by atoms with Gasteiger partial charge in [0.15, 0.2) is 0 Å². The highest BCUT2D eigenvalue weighted by Gasteiger charge is 2.24. The van der Waals surface area contributed by atoms with Gasteiger partial charge in [-0.15, -0.1) is 0 Å². The minimum absolute atomic E-state index is 0.0592. The van der Waals surface area contributed by atoms with E-state index in [1.807, 2.05) is 37.2 Å². The van der Waals surface area contributed by atoms with Crippen LogP contribution in [0.4, 0.5) is 11.8 Å². The van der Waals surface area contributed by atoms with Crippen LogP contribution in [0.2, 0.25) is 0 Å². The molecule has 3 heterocycles. The van der Waals surface area contributed by atoms with E-state index >= 15 is 0 Å². The lowest BCUT2D eigenvalue weighted by atomic mass is 9.91. The summed E-state index contributed by atoms with van der Waals surface area (Å²) in [7, 11) is 3.92. The monoisotopic (exact) mass is 391 g/mol. The molecule has 8 heteroatoms. The number of pyridine rings is 1. The third kappa shape index (κ3) is 4.42. The second-order valence-electron chi connectivity index (χ2n) is 7.53. The SMILES string of the molecule is CN(C)c1ccnc(NC2CCC(n3nc(-c4cccnc4)ccc3=O)CC2)n1. The minimum atomic E-state index is -0.0592. The van der Waals surface area contributed by atoms with Gasteiger partial charge >= 0.3 is 0 Å². The van der Waals surface area contributed by atoms with Gasteiger partial charge in [-0.1, -0.05) is 0 Å². The van der Waals surface area contributed by atoms with Gasteiger partial charge in [-0.05, 0) is 49.9 Å². The molecule has 8 nitrogen and oxygen atoms in total. The Hall–Kier alpha value is -3.29. The highest BCUT2D eigenvalue weighted by atomic mass is 16.1. The molecule has 29 heavy (non-hydrogen) atoms. The summed E-state index contributed by atoms with van der Waals surface area (Å²) < 4.78 is 1.64. The molecule has 0 aliphatic heterocycles. The predicted octanol–water partition coefficient (Wildman–Crippen LogP) is 2.76. The van der Waals surface area contributed by atoms with Gasteiger partial charge in [0, 0.05) is 50.4 Å². The van der Waals surface area contributed by atoms with Crippen LogP contribution in [0.5, 0.6) is 0 Å². The fraction of sp³-hybridized carbons (Fsp3) is 0.381. The molecule has 1 N–H and O–H groups in total. The molecule has 0 aromatic carbocycles. The quantitative estimate of drug-likeness (QED) is 0.715. The van der Waals surface area contributed by atoms with Gasteiger partial charge in [0.1, 0.15) is 5.82 Å². The summed E-state index contributed by atoms with van der Waals surface area (Å²) in [6, 6.07) is 9.46. The van der Waals surface area contributed by atoms with Crippen molar-refractivity contribution in [2.45, 2.75) is 37.8 Å². The van der Waals surface area contributed by atoms with Crippen LogP contribution in [0.3, 0.4) is 0 Å². The highest BCUT2D eigenvalue weighted by Crippen LogP contribution is 2.29. The lowest BCUT2D eigenvalue weighted by Gasteiger charge is -2.29. The van der Waals surface area contributed by atoms with E-state index in [0.717, 1.165) is 42.8 Å². The molecule has 1 aliphatic carbocycles. The molecule has 1 saturated carbocycles. The first-order valence-corrected chi connectivity index (χ1v) is 9.87. The number of nitrogens with one attached hydrogen (secondary N) is 1. The number of hydrogen-bond acceptors (Lipinski definition) is 7. The number of nitrogens with zero attached hydrogens (tertiary/aromatic N) is 6. The van der Waals surface area contributed by atoms with Gasteiger partial charge in [0.25, 0.3) is 5.56 Å². The molecule has 0 atom stereocenters. The van der Waals surface area contributed by atoms with Crippen LogP contribution >= 0.6 is 0 Å². The predicted molar refractivity (Wildman–Crippen MR) is 113 cm³/mol. The molecule has 1 fully saturated rings. The Morgan fingerprint density at radius 2 is 1.90 bits per heavy atom. The third-order valence-electron chi connectivity index (χ3n) is 5.26. The standard InChI is InChI=1S/C21H25N7O/c1-27(2)19-11-13-23-21(25-19)24-16-5-7-17(8-6-16)28-20(29)10-9-18(26-28)15-4-3-12-22-14-15/h3-4,9-14,16-17H,5-8H2,1-2H3,(H,23,24,25). The molecular formula is C21H25N7O. The maximum Gasteiger partial charge on any atom is 0.267 e. The van der Waals surface area contributed by atoms with Crippen molar-refractivity contribution in [2.75, 3.05) is 24.3 Å². The fourth-order valence-corrected chi connectivity index (χ4v) is 3.67. The number of hydrogen-bond donors (Lipinski definition) is 1. The summed E-state index contributed by atoms with van der Waals surface area (Å²) in [5.74, 6) is 1.52. The molecular weight excluding hydrogens is 366 g/mol. The van der Waals surface area contributed by atoms with Gasteiger partial charge in [0.2, 0.25) is 5.95 Å². The van der Waals surface area contributed by atoms with Gasteiger partial charge in [-0.3, -0.25) is 9.78 Å². The van der Waals surface area contributed by atoms with E-state index in [4.69, 9.17) is 0 Å². The molecule has 0 bridgehead atoms. The Kier molecular flexibility index (Phi) is 5.50. The van der Waals surface area contributed by atoms with E-state index in [9.17, 15) is 4.79 Å². The maximum atomic E-state index is 12.4. The van der Waals surface area contributed by atoms with Crippen molar-refractivity contribution in [3.8, 4) is 11.3 Å². The summed E-state index contributed by atoms with van der Waals surface area (Å²) in [4.78, 5) is 27.4. The number of anilines is 2. The van der Waals surface area contributed by atoms with E-state index in [2.05, 4.69) is 25.4 Å². The van der Waals surface area contributed by atoms with Crippen LogP contribution in [0.15, 0.2) is 53.7 Å². The lowest BCUT2D eigenvalue weighted by Crippen LogP contribution is -2.33.